The van der Waals surface area contributed by atoms with E-state index < -0.39 is 0 Å². The van der Waals surface area contributed by atoms with Crippen LogP contribution >= 0.6 is 24.0 Å². The van der Waals surface area contributed by atoms with Crippen molar-refractivity contribution in [2.45, 2.75) is 13.3 Å². The smallest absolute Gasteiger partial charge is 0.191 e. The summed E-state index contributed by atoms with van der Waals surface area (Å²) in [5, 5.41) is 14.9. The zero-order valence-corrected chi connectivity index (χ0v) is 17.3. The van der Waals surface area contributed by atoms with Crippen LogP contribution in [0.4, 0.5) is 5.82 Å². The molecule has 3 N–H and O–H groups in total. The maximum atomic E-state index is 5.30. The molecule has 2 aromatic rings. The summed E-state index contributed by atoms with van der Waals surface area (Å²) >= 11 is 0. The molecule has 0 saturated carbocycles. The number of ether oxygens (including phenoxy) is 1. The van der Waals surface area contributed by atoms with E-state index in [9.17, 15) is 0 Å². The van der Waals surface area contributed by atoms with E-state index in [0.717, 1.165) is 55.5 Å². The van der Waals surface area contributed by atoms with Crippen LogP contribution in [0.2, 0.25) is 0 Å². The molecular weight excluding hydrogens is 435 g/mol. The summed E-state index contributed by atoms with van der Waals surface area (Å²) in [7, 11) is 3.62. The molecule has 2 aromatic heterocycles. The van der Waals surface area contributed by atoms with E-state index in [1.165, 1.54) is 0 Å². The Morgan fingerprint density at radius 2 is 2.04 bits per heavy atom. The molecule has 140 valence electrons. The Kier molecular flexibility index (Phi) is 10.1. The monoisotopic (exact) mass is 462 g/mol. The quantitative estimate of drug-likeness (QED) is 0.221. The van der Waals surface area contributed by atoms with Gasteiger partial charge in [0.1, 0.15) is 12.1 Å². The van der Waals surface area contributed by atoms with E-state index in [0.29, 0.717) is 6.54 Å². The van der Waals surface area contributed by atoms with Crippen LogP contribution in [-0.4, -0.2) is 65.6 Å². The number of halogens is 1. The zero-order chi connectivity index (χ0) is 17.2. The van der Waals surface area contributed by atoms with Gasteiger partial charge in [0.15, 0.2) is 11.6 Å². The van der Waals surface area contributed by atoms with E-state index in [2.05, 4.69) is 36.0 Å². The maximum Gasteiger partial charge on any atom is 0.191 e. The van der Waals surface area contributed by atoms with Gasteiger partial charge in [0.2, 0.25) is 0 Å². The lowest BCUT2D eigenvalue weighted by Gasteiger charge is -2.12. The van der Waals surface area contributed by atoms with Crippen molar-refractivity contribution in [3.8, 4) is 0 Å². The lowest BCUT2D eigenvalue weighted by Crippen LogP contribution is -2.40. The Morgan fingerprint density at radius 1 is 1.24 bits per heavy atom. The lowest BCUT2D eigenvalue weighted by atomic mass is 10.4. The van der Waals surface area contributed by atoms with Crippen molar-refractivity contribution in [1.29, 1.82) is 0 Å². The number of hydrogen-bond acceptors (Lipinski definition) is 6. The van der Waals surface area contributed by atoms with Crippen LogP contribution in [0.5, 0.6) is 0 Å². The maximum absolute atomic E-state index is 5.30. The number of nitrogens with zero attached hydrogens (tertiary/aromatic N) is 5. The highest BCUT2D eigenvalue weighted by molar-refractivity contribution is 14.0. The Hall–Kier alpha value is -1.69. The van der Waals surface area contributed by atoms with Gasteiger partial charge in [-0.1, -0.05) is 0 Å². The average molecular weight is 462 g/mol. The van der Waals surface area contributed by atoms with Gasteiger partial charge < -0.3 is 20.7 Å². The van der Waals surface area contributed by atoms with E-state index >= 15 is 0 Å². The van der Waals surface area contributed by atoms with Crippen molar-refractivity contribution in [2.75, 3.05) is 45.2 Å². The molecule has 9 nitrogen and oxygen atoms in total. The van der Waals surface area contributed by atoms with E-state index in [1.54, 1.807) is 24.3 Å². The van der Waals surface area contributed by atoms with Crippen LogP contribution in [-0.2, 0) is 11.8 Å². The zero-order valence-electron chi connectivity index (χ0n) is 14.9. The summed E-state index contributed by atoms with van der Waals surface area (Å²) in [6.45, 7) is 5.77. The molecule has 0 atom stereocenters. The predicted molar refractivity (Wildman–Crippen MR) is 111 cm³/mol. The normalized spacial score (nSPS) is 11.2. The minimum Gasteiger partial charge on any atom is -0.382 e. The number of rotatable bonds is 9. The second kappa shape index (κ2) is 11.8. The highest BCUT2D eigenvalue weighted by atomic mass is 127. The minimum atomic E-state index is 0. The van der Waals surface area contributed by atoms with Crippen molar-refractivity contribution in [1.82, 2.24) is 30.4 Å². The molecule has 0 fully saturated rings. The molecule has 2 heterocycles. The summed E-state index contributed by atoms with van der Waals surface area (Å²) in [4.78, 5) is 12.7. The Bertz CT molecular complexity index is 660. The van der Waals surface area contributed by atoms with Gasteiger partial charge in [-0.15, -0.1) is 24.0 Å². The molecule has 0 aliphatic rings. The molecule has 0 spiro atoms. The average Bonchev–Trinajstić information content (AvgIpc) is 2.98. The summed E-state index contributed by atoms with van der Waals surface area (Å²) in [6, 6.07) is 0. The number of aryl methyl sites for hydroxylation is 1. The number of guanidine groups is 1. The predicted octanol–water partition coefficient (Wildman–Crippen LogP) is 0.985. The second-order valence-electron chi connectivity index (χ2n) is 5.13. The molecule has 10 heteroatoms. The summed E-state index contributed by atoms with van der Waals surface area (Å²) in [5.41, 5.74) is 0.812. The van der Waals surface area contributed by atoms with E-state index in [1.807, 2.05) is 14.0 Å². The van der Waals surface area contributed by atoms with Gasteiger partial charge in [0, 0.05) is 46.9 Å². The topological polar surface area (TPSA) is 101 Å². The standard InChI is InChI=1S/C15H26N8O.HI/c1-4-24-9-5-6-18-15(16-2)19-8-7-17-13-12-10-22-23(3)14(12)21-11-20-13;/h10-11H,4-9H2,1-3H3,(H2,16,18,19)(H,17,20,21);1H. The van der Waals surface area contributed by atoms with Gasteiger partial charge in [-0.3, -0.25) is 9.67 Å². The Balaban J connectivity index is 0.00000312. The van der Waals surface area contributed by atoms with Crippen LogP contribution in [0, 0.1) is 0 Å². The first-order valence-electron chi connectivity index (χ1n) is 8.15. The molecule has 0 unspecified atom stereocenters. The first-order valence-corrected chi connectivity index (χ1v) is 8.15. The number of fused-ring (bicyclic) bond motifs is 1. The third-order valence-corrected chi connectivity index (χ3v) is 3.42. The fourth-order valence-electron chi connectivity index (χ4n) is 2.21. The molecule has 2 rings (SSSR count). The molecule has 0 aromatic carbocycles. The summed E-state index contributed by atoms with van der Waals surface area (Å²) < 4.78 is 7.03. The van der Waals surface area contributed by atoms with Gasteiger partial charge in [-0.05, 0) is 13.3 Å². The second-order valence-corrected chi connectivity index (χ2v) is 5.13. The fourth-order valence-corrected chi connectivity index (χ4v) is 2.21. The van der Waals surface area contributed by atoms with Gasteiger partial charge in [0.25, 0.3) is 0 Å². The minimum absolute atomic E-state index is 0. The Morgan fingerprint density at radius 3 is 2.80 bits per heavy atom. The molecule has 0 saturated heterocycles. The van der Waals surface area contributed by atoms with Gasteiger partial charge in [-0.2, -0.15) is 5.10 Å². The van der Waals surface area contributed by atoms with Crippen molar-refractivity contribution in [2.24, 2.45) is 12.0 Å². The number of aromatic nitrogens is 4. The SMILES string of the molecule is CCOCCCNC(=NC)NCCNc1ncnc2c1cnn2C.I. The number of hydrogen-bond donors (Lipinski definition) is 3. The molecule has 25 heavy (non-hydrogen) atoms. The van der Waals surface area contributed by atoms with E-state index in [-0.39, 0.29) is 24.0 Å². The van der Waals surface area contributed by atoms with Crippen molar-refractivity contribution in [3.63, 3.8) is 0 Å². The number of nitrogens with one attached hydrogen (secondary N) is 3. The van der Waals surface area contributed by atoms with Crippen LogP contribution in [0.1, 0.15) is 13.3 Å². The number of aliphatic imine (C=N–C) groups is 1. The molecular formula is C15H27IN8O. The molecule has 0 aliphatic heterocycles. The largest absolute Gasteiger partial charge is 0.382 e. The first-order chi connectivity index (χ1) is 11.8. The lowest BCUT2D eigenvalue weighted by molar-refractivity contribution is 0.145. The first kappa shape index (κ1) is 21.4. The van der Waals surface area contributed by atoms with Crippen molar-refractivity contribution < 1.29 is 4.74 Å². The summed E-state index contributed by atoms with van der Waals surface area (Å²) in [6.07, 6.45) is 4.26. The third-order valence-electron chi connectivity index (χ3n) is 3.42. The Labute approximate surface area is 165 Å². The molecule has 0 radical (unpaired) electrons. The van der Waals surface area contributed by atoms with Crippen LogP contribution in [0.3, 0.4) is 0 Å². The van der Waals surface area contributed by atoms with Gasteiger partial charge in [-0.25, -0.2) is 9.97 Å². The highest BCUT2D eigenvalue weighted by Crippen LogP contribution is 2.16. The van der Waals surface area contributed by atoms with Crippen molar-refractivity contribution in [3.05, 3.63) is 12.5 Å². The number of anilines is 1. The molecule has 0 amide bonds. The van der Waals surface area contributed by atoms with Crippen molar-refractivity contribution >= 4 is 46.8 Å². The van der Waals surface area contributed by atoms with Crippen LogP contribution < -0.4 is 16.0 Å². The van der Waals surface area contributed by atoms with Crippen LogP contribution in [0.15, 0.2) is 17.5 Å². The molecule has 0 aliphatic carbocycles. The van der Waals surface area contributed by atoms with E-state index in [4.69, 9.17) is 4.74 Å². The molecule has 0 bridgehead atoms. The van der Waals surface area contributed by atoms with Gasteiger partial charge in [0.05, 0.1) is 11.6 Å². The van der Waals surface area contributed by atoms with Gasteiger partial charge >= 0.3 is 0 Å². The fraction of sp³-hybridized carbons (Fsp3) is 0.600. The summed E-state index contributed by atoms with van der Waals surface area (Å²) in [5.74, 6) is 1.57. The third kappa shape index (κ3) is 6.61. The van der Waals surface area contributed by atoms with Crippen LogP contribution in [0.25, 0.3) is 11.0 Å². The highest BCUT2D eigenvalue weighted by Gasteiger charge is 2.06.